The van der Waals surface area contributed by atoms with Crippen LogP contribution in [0.15, 0.2) is 29.1 Å². The summed E-state index contributed by atoms with van der Waals surface area (Å²) >= 11 is 5.70. The van der Waals surface area contributed by atoms with Gasteiger partial charge in [0, 0.05) is 12.1 Å². The Kier molecular flexibility index (Phi) is 3.40. The number of nitrogens with zero attached hydrogens (tertiary/aromatic N) is 3. The molecule has 0 saturated heterocycles. The number of aromatic nitrogens is 3. The van der Waals surface area contributed by atoms with Gasteiger partial charge in [-0.2, -0.15) is 13.2 Å². The monoisotopic (exact) mass is 291 g/mol. The fraction of sp³-hybridized carbons (Fsp3) is 0.273. The molecule has 4 nitrogen and oxygen atoms in total. The van der Waals surface area contributed by atoms with E-state index in [9.17, 15) is 18.0 Å². The van der Waals surface area contributed by atoms with E-state index in [4.69, 9.17) is 11.6 Å². The zero-order chi connectivity index (χ0) is 14.2. The van der Waals surface area contributed by atoms with Crippen LogP contribution in [-0.2, 0) is 19.8 Å². The van der Waals surface area contributed by atoms with E-state index in [0.717, 1.165) is 11.7 Å². The van der Waals surface area contributed by atoms with E-state index in [-0.39, 0.29) is 6.54 Å². The first kappa shape index (κ1) is 13.7. The Balaban J connectivity index is 2.37. The molecule has 0 aliphatic heterocycles. The van der Waals surface area contributed by atoms with Gasteiger partial charge in [-0.05, 0) is 17.7 Å². The van der Waals surface area contributed by atoms with Crippen LogP contribution in [0.1, 0.15) is 11.4 Å². The van der Waals surface area contributed by atoms with E-state index in [1.807, 2.05) is 0 Å². The van der Waals surface area contributed by atoms with Gasteiger partial charge < -0.3 is 0 Å². The molecular formula is C11H9ClF3N3O. The molecule has 19 heavy (non-hydrogen) atoms. The van der Waals surface area contributed by atoms with Crippen LogP contribution in [0.4, 0.5) is 13.2 Å². The zero-order valence-corrected chi connectivity index (χ0v) is 10.5. The molecule has 0 unspecified atom stereocenters. The summed E-state index contributed by atoms with van der Waals surface area (Å²) in [5, 5.41) is 3.81. The van der Waals surface area contributed by atoms with E-state index >= 15 is 0 Å². The lowest BCUT2D eigenvalue weighted by Gasteiger charge is -2.02. The lowest BCUT2D eigenvalue weighted by Crippen LogP contribution is -2.24. The molecule has 2 rings (SSSR count). The normalized spacial score (nSPS) is 11.8. The van der Waals surface area contributed by atoms with Crippen molar-refractivity contribution in [1.29, 1.82) is 0 Å². The topological polar surface area (TPSA) is 39.8 Å². The first-order valence-electron chi connectivity index (χ1n) is 5.24. The number of hydrogen-bond donors (Lipinski definition) is 0. The van der Waals surface area contributed by atoms with Crippen molar-refractivity contribution in [2.45, 2.75) is 12.7 Å². The second-order valence-electron chi connectivity index (χ2n) is 3.95. The number of hydrogen-bond acceptors (Lipinski definition) is 2. The van der Waals surface area contributed by atoms with E-state index in [1.54, 1.807) is 24.3 Å². The van der Waals surface area contributed by atoms with E-state index in [2.05, 4.69) is 5.10 Å². The van der Waals surface area contributed by atoms with Crippen molar-refractivity contribution in [1.82, 2.24) is 14.3 Å². The lowest BCUT2D eigenvalue weighted by molar-refractivity contribution is -0.147. The fourth-order valence-electron chi connectivity index (χ4n) is 1.60. The zero-order valence-electron chi connectivity index (χ0n) is 9.78. The molecule has 8 heteroatoms. The smallest absolute Gasteiger partial charge is 0.274 e. The van der Waals surface area contributed by atoms with Crippen LogP contribution in [0.3, 0.4) is 0 Å². The summed E-state index contributed by atoms with van der Waals surface area (Å²) in [6.07, 6.45) is -4.65. The third-order valence-corrected chi connectivity index (χ3v) is 2.79. The highest BCUT2D eigenvalue weighted by molar-refractivity contribution is 6.30. The predicted molar refractivity (Wildman–Crippen MR) is 63.0 cm³/mol. The van der Waals surface area contributed by atoms with Gasteiger partial charge >= 0.3 is 11.9 Å². The highest BCUT2D eigenvalue weighted by atomic mass is 35.5. The minimum atomic E-state index is -4.65. The largest absolute Gasteiger partial charge is 0.451 e. The molecule has 0 amide bonds. The molecule has 0 spiro atoms. The highest BCUT2D eigenvalue weighted by Crippen LogP contribution is 2.26. The summed E-state index contributed by atoms with van der Waals surface area (Å²) < 4.78 is 39.0. The Morgan fingerprint density at radius 2 is 1.84 bits per heavy atom. The van der Waals surface area contributed by atoms with Gasteiger partial charge in [0.05, 0.1) is 6.54 Å². The maximum atomic E-state index is 12.6. The van der Waals surface area contributed by atoms with E-state index in [1.165, 1.54) is 0 Å². The molecule has 1 heterocycles. The minimum Gasteiger partial charge on any atom is -0.274 e. The van der Waals surface area contributed by atoms with Crippen molar-refractivity contribution in [3.05, 3.63) is 51.2 Å². The maximum Gasteiger partial charge on any atom is 0.451 e. The van der Waals surface area contributed by atoms with Gasteiger partial charge in [0.25, 0.3) is 0 Å². The highest BCUT2D eigenvalue weighted by Gasteiger charge is 2.37. The molecule has 1 aromatic carbocycles. The van der Waals surface area contributed by atoms with Gasteiger partial charge in [0.2, 0.25) is 5.82 Å². The molecule has 1 aromatic heterocycles. The van der Waals surface area contributed by atoms with Crippen LogP contribution < -0.4 is 5.69 Å². The Morgan fingerprint density at radius 3 is 2.32 bits per heavy atom. The number of alkyl halides is 3. The van der Waals surface area contributed by atoms with Gasteiger partial charge in [-0.1, -0.05) is 23.7 Å². The minimum absolute atomic E-state index is 0.0417. The van der Waals surface area contributed by atoms with Gasteiger partial charge in [-0.25, -0.2) is 9.48 Å². The second-order valence-corrected chi connectivity index (χ2v) is 4.38. The average molecular weight is 292 g/mol. The van der Waals surface area contributed by atoms with Crippen LogP contribution in [-0.4, -0.2) is 14.3 Å². The molecule has 2 aromatic rings. The standard InChI is InChI=1S/C11H9ClF3N3O/c1-17-9(11(13,14)15)16-18(10(17)19)6-7-2-4-8(12)5-3-7/h2-5H,6H2,1H3. The van der Waals surface area contributed by atoms with Crippen molar-refractivity contribution in [3.8, 4) is 0 Å². The molecule has 0 radical (unpaired) electrons. The quantitative estimate of drug-likeness (QED) is 0.852. The molecule has 0 atom stereocenters. The van der Waals surface area contributed by atoms with Crippen LogP contribution in [0, 0.1) is 0 Å². The molecule has 102 valence electrons. The van der Waals surface area contributed by atoms with Crippen LogP contribution in [0.2, 0.25) is 5.02 Å². The predicted octanol–water partition coefficient (Wildman–Crippen LogP) is 2.30. The lowest BCUT2D eigenvalue weighted by atomic mass is 10.2. The van der Waals surface area contributed by atoms with E-state index in [0.29, 0.717) is 15.2 Å². The first-order chi connectivity index (χ1) is 8.79. The van der Waals surface area contributed by atoms with Crippen molar-refractivity contribution in [2.75, 3.05) is 0 Å². The van der Waals surface area contributed by atoms with Crippen LogP contribution in [0.5, 0.6) is 0 Å². The summed E-state index contributed by atoms with van der Waals surface area (Å²) in [4.78, 5) is 11.6. The average Bonchev–Trinajstić information content (AvgIpc) is 2.60. The molecule has 0 saturated carbocycles. The summed E-state index contributed by atoms with van der Waals surface area (Å²) in [7, 11) is 1.04. The Labute approximate surface area is 111 Å². The van der Waals surface area contributed by atoms with Gasteiger partial charge in [-0.15, -0.1) is 5.10 Å². The number of benzene rings is 1. The summed E-state index contributed by atoms with van der Waals surface area (Å²) in [6, 6.07) is 6.43. The maximum absolute atomic E-state index is 12.6. The third-order valence-electron chi connectivity index (χ3n) is 2.54. The van der Waals surface area contributed by atoms with Crippen LogP contribution >= 0.6 is 11.6 Å². The van der Waals surface area contributed by atoms with Crippen molar-refractivity contribution in [3.63, 3.8) is 0 Å². The molecule has 0 N–H and O–H groups in total. The second kappa shape index (κ2) is 4.73. The Bertz CT molecular complexity index is 643. The molecule has 0 fully saturated rings. The van der Waals surface area contributed by atoms with Crippen molar-refractivity contribution < 1.29 is 13.2 Å². The molecule has 0 bridgehead atoms. The summed E-state index contributed by atoms with van der Waals surface area (Å²) in [5.41, 5.74) is -0.180. The summed E-state index contributed by atoms with van der Waals surface area (Å²) in [5.74, 6) is -1.22. The third kappa shape index (κ3) is 2.81. The fourth-order valence-corrected chi connectivity index (χ4v) is 1.73. The SMILES string of the molecule is Cn1c(C(F)(F)F)nn(Cc2ccc(Cl)cc2)c1=O. The number of halogens is 4. The van der Waals surface area contributed by atoms with Gasteiger partial charge in [0.1, 0.15) is 0 Å². The Morgan fingerprint density at radius 1 is 1.26 bits per heavy atom. The van der Waals surface area contributed by atoms with Crippen molar-refractivity contribution in [2.24, 2.45) is 7.05 Å². The first-order valence-corrected chi connectivity index (χ1v) is 5.62. The molecule has 0 aliphatic rings. The van der Waals surface area contributed by atoms with E-state index < -0.39 is 17.7 Å². The number of rotatable bonds is 2. The van der Waals surface area contributed by atoms with Gasteiger partial charge in [-0.3, -0.25) is 4.57 Å². The molecule has 0 aliphatic carbocycles. The summed E-state index contributed by atoms with van der Waals surface area (Å²) in [6.45, 7) is -0.0417. The van der Waals surface area contributed by atoms with Crippen LogP contribution in [0.25, 0.3) is 0 Å². The molecular weight excluding hydrogens is 283 g/mol. The van der Waals surface area contributed by atoms with Crippen molar-refractivity contribution >= 4 is 11.6 Å². The Hall–Kier alpha value is -1.76. The van der Waals surface area contributed by atoms with Gasteiger partial charge in [0.15, 0.2) is 0 Å².